The standard InChI is InChI=1S/C17H38N2/c1-8-10-17(7,13-18-12-15(3)4)14-19(11-9-2)16(5)6/h15-16,18H,8-14H2,1-7H3. The Morgan fingerprint density at radius 2 is 1.68 bits per heavy atom. The molecule has 1 N–H and O–H groups in total. The van der Waals surface area contributed by atoms with Gasteiger partial charge in [-0.2, -0.15) is 0 Å². The second kappa shape index (κ2) is 9.77. The largest absolute Gasteiger partial charge is 0.316 e. The molecule has 0 aliphatic carbocycles. The molecule has 0 aliphatic heterocycles. The summed E-state index contributed by atoms with van der Waals surface area (Å²) >= 11 is 0. The number of rotatable bonds is 11. The zero-order chi connectivity index (χ0) is 14.9. The number of nitrogens with one attached hydrogen (secondary N) is 1. The van der Waals surface area contributed by atoms with Crippen LogP contribution in [0, 0.1) is 11.3 Å². The molecule has 0 saturated carbocycles. The summed E-state index contributed by atoms with van der Waals surface area (Å²) in [7, 11) is 0. The zero-order valence-corrected chi connectivity index (χ0v) is 14.6. The summed E-state index contributed by atoms with van der Waals surface area (Å²) in [4.78, 5) is 2.65. The molecule has 0 aliphatic rings. The first-order valence-corrected chi connectivity index (χ1v) is 8.29. The summed E-state index contributed by atoms with van der Waals surface area (Å²) in [5.41, 5.74) is 0.406. The lowest BCUT2D eigenvalue weighted by molar-refractivity contribution is 0.121. The van der Waals surface area contributed by atoms with Crippen molar-refractivity contribution in [1.29, 1.82) is 0 Å². The van der Waals surface area contributed by atoms with Crippen molar-refractivity contribution in [2.24, 2.45) is 11.3 Å². The fourth-order valence-electron chi connectivity index (χ4n) is 2.79. The Morgan fingerprint density at radius 1 is 1.05 bits per heavy atom. The van der Waals surface area contributed by atoms with E-state index in [-0.39, 0.29) is 0 Å². The summed E-state index contributed by atoms with van der Waals surface area (Å²) in [5.74, 6) is 0.739. The molecule has 2 nitrogen and oxygen atoms in total. The average molecular weight is 271 g/mol. The van der Waals surface area contributed by atoms with Crippen LogP contribution >= 0.6 is 0 Å². The topological polar surface area (TPSA) is 15.3 Å². The van der Waals surface area contributed by atoms with E-state index in [2.05, 4.69) is 58.7 Å². The van der Waals surface area contributed by atoms with Gasteiger partial charge in [0.1, 0.15) is 0 Å². The van der Waals surface area contributed by atoms with E-state index in [0.29, 0.717) is 11.5 Å². The first-order chi connectivity index (χ1) is 8.84. The molecule has 0 fully saturated rings. The van der Waals surface area contributed by atoms with Crippen molar-refractivity contribution in [3.63, 3.8) is 0 Å². The minimum absolute atomic E-state index is 0.406. The summed E-state index contributed by atoms with van der Waals surface area (Å²) < 4.78 is 0. The van der Waals surface area contributed by atoms with Crippen LogP contribution in [0.1, 0.15) is 67.7 Å². The lowest BCUT2D eigenvalue weighted by atomic mass is 9.84. The third-order valence-electron chi connectivity index (χ3n) is 3.78. The highest BCUT2D eigenvalue weighted by molar-refractivity contribution is 4.82. The minimum atomic E-state index is 0.406. The average Bonchev–Trinajstić information content (AvgIpc) is 2.28. The summed E-state index contributed by atoms with van der Waals surface area (Å²) in [5, 5.41) is 3.67. The monoisotopic (exact) mass is 270 g/mol. The zero-order valence-electron chi connectivity index (χ0n) is 14.6. The van der Waals surface area contributed by atoms with Crippen LogP contribution in [0.15, 0.2) is 0 Å². The first-order valence-electron chi connectivity index (χ1n) is 8.29. The van der Waals surface area contributed by atoms with Gasteiger partial charge in [0.05, 0.1) is 0 Å². The fraction of sp³-hybridized carbons (Fsp3) is 1.00. The van der Waals surface area contributed by atoms with Crippen LogP contribution in [-0.2, 0) is 0 Å². The second-order valence-corrected chi connectivity index (χ2v) is 7.15. The molecule has 0 rings (SSSR count). The predicted molar refractivity (Wildman–Crippen MR) is 87.7 cm³/mol. The van der Waals surface area contributed by atoms with Gasteiger partial charge in [0.2, 0.25) is 0 Å². The van der Waals surface area contributed by atoms with Crippen LogP contribution in [0.25, 0.3) is 0 Å². The summed E-state index contributed by atoms with van der Waals surface area (Å²) in [6, 6.07) is 0.654. The maximum absolute atomic E-state index is 3.67. The molecule has 2 heteroatoms. The van der Waals surface area contributed by atoms with E-state index >= 15 is 0 Å². The van der Waals surface area contributed by atoms with Gasteiger partial charge < -0.3 is 10.2 Å². The van der Waals surface area contributed by atoms with Crippen LogP contribution in [0.5, 0.6) is 0 Å². The van der Waals surface area contributed by atoms with Crippen molar-refractivity contribution >= 4 is 0 Å². The fourth-order valence-corrected chi connectivity index (χ4v) is 2.79. The van der Waals surface area contributed by atoms with Gasteiger partial charge in [-0.1, -0.05) is 41.0 Å². The van der Waals surface area contributed by atoms with Gasteiger partial charge in [0.15, 0.2) is 0 Å². The Hall–Kier alpha value is -0.0800. The molecule has 116 valence electrons. The molecule has 1 unspecified atom stereocenters. The van der Waals surface area contributed by atoms with Crippen LogP contribution in [0.4, 0.5) is 0 Å². The van der Waals surface area contributed by atoms with Crippen LogP contribution in [-0.4, -0.2) is 37.1 Å². The van der Waals surface area contributed by atoms with Crippen LogP contribution in [0.2, 0.25) is 0 Å². The van der Waals surface area contributed by atoms with E-state index in [1.54, 1.807) is 0 Å². The molecule has 19 heavy (non-hydrogen) atoms. The van der Waals surface area contributed by atoms with Gasteiger partial charge in [-0.15, -0.1) is 0 Å². The van der Waals surface area contributed by atoms with E-state index in [1.807, 2.05) is 0 Å². The van der Waals surface area contributed by atoms with Crippen molar-refractivity contribution in [3.8, 4) is 0 Å². The van der Waals surface area contributed by atoms with Crippen LogP contribution in [0.3, 0.4) is 0 Å². The SMILES string of the molecule is CCCN(CC(C)(CCC)CNCC(C)C)C(C)C. The molecule has 0 aromatic carbocycles. The molecule has 0 radical (unpaired) electrons. The van der Waals surface area contributed by atoms with E-state index in [4.69, 9.17) is 0 Å². The van der Waals surface area contributed by atoms with Crippen molar-refractivity contribution in [1.82, 2.24) is 10.2 Å². The molecule has 0 bridgehead atoms. The Labute approximate surface area is 122 Å². The van der Waals surface area contributed by atoms with E-state index in [1.165, 1.54) is 32.4 Å². The Morgan fingerprint density at radius 3 is 2.11 bits per heavy atom. The predicted octanol–water partition coefficient (Wildman–Crippen LogP) is 4.16. The van der Waals surface area contributed by atoms with Crippen LogP contribution < -0.4 is 5.32 Å². The van der Waals surface area contributed by atoms with Crippen molar-refractivity contribution < 1.29 is 0 Å². The molecule has 0 amide bonds. The van der Waals surface area contributed by atoms with Crippen molar-refractivity contribution in [2.45, 2.75) is 73.8 Å². The maximum atomic E-state index is 3.67. The highest BCUT2D eigenvalue weighted by atomic mass is 15.2. The second-order valence-electron chi connectivity index (χ2n) is 7.15. The molecule has 0 aromatic heterocycles. The molecule has 0 saturated heterocycles. The third kappa shape index (κ3) is 8.65. The molecule has 1 atom stereocenters. The third-order valence-corrected chi connectivity index (χ3v) is 3.78. The van der Waals surface area contributed by atoms with Gasteiger partial charge in [0.25, 0.3) is 0 Å². The van der Waals surface area contributed by atoms with Gasteiger partial charge in [-0.05, 0) is 51.1 Å². The number of hydrogen-bond donors (Lipinski definition) is 1. The summed E-state index contributed by atoms with van der Waals surface area (Å²) in [6.45, 7) is 21.0. The maximum Gasteiger partial charge on any atom is 0.00502 e. The summed E-state index contributed by atoms with van der Waals surface area (Å²) in [6.07, 6.45) is 3.84. The highest BCUT2D eigenvalue weighted by Crippen LogP contribution is 2.25. The quantitative estimate of drug-likeness (QED) is 0.606. The molecule has 0 heterocycles. The van der Waals surface area contributed by atoms with Gasteiger partial charge >= 0.3 is 0 Å². The molecule has 0 aromatic rings. The molecule has 0 spiro atoms. The molecular weight excluding hydrogens is 232 g/mol. The van der Waals surface area contributed by atoms with E-state index in [9.17, 15) is 0 Å². The van der Waals surface area contributed by atoms with Gasteiger partial charge in [-0.3, -0.25) is 0 Å². The Bertz CT molecular complexity index is 213. The molecular formula is C17H38N2. The van der Waals surface area contributed by atoms with E-state index in [0.717, 1.165) is 19.0 Å². The van der Waals surface area contributed by atoms with Crippen molar-refractivity contribution in [2.75, 3.05) is 26.2 Å². The number of nitrogens with zero attached hydrogens (tertiary/aromatic N) is 1. The lowest BCUT2D eigenvalue weighted by Gasteiger charge is -2.38. The highest BCUT2D eigenvalue weighted by Gasteiger charge is 2.26. The Kier molecular flexibility index (Phi) is 9.72. The van der Waals surface area contributed by atoms with E-state index < -0.39 is 0 Å². The Balaban J connectivity index is 4.47. The van der Waals surface area contributed by atoms with Crippen molar-refractivity contribution in [3.05, 3.63) is 0 Å². The normalized spacial score (nSPS) is 15.5. The number of hydrogen-bond acceptors (Lipinski definition) is 2. The van der Waals surface area contributed by atoms with Gasteiger partial charge in [-0.25, -0.2) is 0 Å². The minimum Gasteiger partial charge on any atom is -0.316 e. The lowest BCUT2D eigenvalue weighted by Crippen LogP contribution is -2.45. The smallest absolute Gasteiger partial charge is 0.00502 e. The first kappa shape index (κ1) is 18.9. The van der Waals surface area contributed by atoms with Gasteiger partial charge in [0, 0.05) is 19.1 Å².